The van der Waals surface area contributed by atoms with Gasteiger partial charge in [0.25, 0.3) is 0 Å². The number of benzene rings is 7. The van der Waals surface area contributed by atoms with Crippen molar-refractivity contribution in [2.45, 2.75) is 78.6 Å². The standard InChI is InChI=1S/C56H49N5/c1-54(2,3)33-26-40-39-25-24-32-18-16-17-23-38(32)48(39)60-49(40)43(29-33)46-52(60)57-47-44-30-34(55(4,5)6)27-41-42-28-35(56(7,8)9)31-45(51(42)61(50(41)44)53(47)58-46)59(36-19-12-10-13-20-36)37-21-14-11-15-22-37/h10-31H,1-9H3. The molecule has 12 aromatic rings. The van der Waals surface area contributed by atoms with E-state index in [1.54, 1.807) is 0 Å². The molecule has 0 aliphatic carbocycles. The van der Waals surface area contributed by atoms with E-state index < -0.39 is 0 Å². The van der Waals surface area contributed by atoms with Gasteiger partial charge in [0, 0.05) is 49.1 Å². The van der Waals surface area contributed by atoms with Crippen molar-refractivity contribution >= 4 is 105 Å². The molecule has 0 bridgehead atoms. The van der Waals surface area contributed by atoms with Crippen molar-refractivity contribution in [3.05, 3.63) is 150 Å². The van der Waals surface area contributed by atoms with Crippen molar-refractivity contribution in [3.63, 3.8) is 0 Å². The van der Waals surface area contributed by atoms with E-state index in [1.807, 2.05) is 0 Å². The first-order valence-corrected chi connectivity index (χ1v) is 21.7. The van der Waals surface area contributed by atoms with Crippen LogP contribution in [-0.4, -0.2) is 18.8 Å². The fourth-order valence-corrected chi connectivity index (χ4v) is 10.1. The summed E-state index contributed by atoms with van der Waals surface area (Å²) in [7, 11) is 0. The summed E-state index contributed by atoms with van der Waals surface area (Å²) in [4.78, 5) is 14.2. The highest BCUT2D eigenvalue weighted by Gasteiger charge is 2.31. The summed E-state index contributed by atoms with van der Waals surface area (Å²) in [5.41, 5.74) is 15.3. The average molecular weight is 792 g/mol. The van der Waals surface area contributed by atoms with E-state index in [0.717, 1.165) is 55.7 Å². The maximum Gasteiger partial charge on any atom is 0.165 e. The predicted molar refractivity (Wildman–Crippen MR) is 260 cm³/mol. The molecule has 0 aliphatic heterocycles. The summed E-state index contributed by atoms with van der Waals surface area (Å²) >= 11 is 0. The fraction of sp³-hybridized carbons (Fsp3) is 0.214. The zero-order valence-corrected chi connectivity index (χ0v) is 36.4. The minimum atomic E-state index is -0.104. The Bertz CT molecular complexity index is 3700. The number of hydrogen-bond acceptors (Lipinski definition) is 3. The third-order valence-electron chi connectivity index (χ3n) is 13.3. The Hall–Kier alpha value is -6.72. The Morgan fingerprint density at radius 2 is 0.787 bits per heavy atom. The summed E-state index contributed by atoms with van der Waals surface area (Å²) in [5.74, 6) is 0. The third-order valence-corrected chi connectivity index (χ3v) is 13.3. The second-order valence-electron chi connectivity index (χ2n) is 20.4. The van der Waals surface area contributed by atoms with Crippen LogP contribution in [0.3, 0.4) is 0 Å². The Morgan fingerprint density at radius 3 is 1.31 bits per heavy atom. The zero-order chi connectivity index (χ0) is 41.9. The van der Waals surface area contributed by atoms with Crippen LogP contribution in [0.25, 0.3) is 87.5 Å². The van der Waals surface area contributed by atoms with Crippen LogP contribution < -0.4 is 4.90 Å². The van der Waals surface area contributed by atoms with Gasteiger partial charge in [-0.3, -0.25) is 8.80 Å². The van der Waals surface area contributed by atoms with Crippen molar-refractivity contribution < 1.29 is 0 Å². The quantitative estimate of drug-likeness (QED) is 0.179. The van der Waals surface area contributed by atoms with Crippen LogP contribution in [0, 0.1) is 0 Å². The molecular formula is C56H49N5. The molecule has 5 heteroatoms. The topological polar surface area (TPSA) is 37.8 Å². The van der Waals surface area contributed by atoms with Crippen molar-refractivity contribution in [1.29, 1.82) is 0 Å². The van der Waals surface area contributed by atoms with Crippen molar-refractivity contribution in [3.8, 4) is 0 Å². The Kier molecular flexibility index (Phi) is 7.10. The third kappa shape index (κ3) is 5.01. The largest absolute Gasteiger partial charge is 0.308 e. The molecule has 0 spiro atoms. The SMILES string of the molecule is CC(C)(C)c1cc(N(c2ccccc2)c2ccccc2)c2c(c1)c1cc(C(C)(C)C)cc3c4nc5c(nc4n2c13)c1cc(C(C)(C)C)cc2c3ccc4ccccc4c3n5c21. The van der Waals surface area contributed by atoms with E-state index in [4.69, 9.17) is 9.97 Å². The lowest BCUT2D eigenvalue weighted by atomic mass is 9.84. The van der Waals surface area contributed by atoms with Crippen LogP contribution in [-0.2, 0) is 16.2 Å². The number of para-hydroxylation sites is 2. The molecule has 0 N–H and O–H groups in total. The summed E-state index contributed by atoms with van der Waals surface area (Å²) in [6.45, 7) is 20.9. The van der Waals surface area contributed by atoms with E-state index in [-0.39, 0.29) is 16.2 Å². The molecule has 0 unspecified atom stereocenters. The minimum absolute atomic E-state index is 0.0662. The number of anilines is 3. The fourth-order valence-electron chi connectivity index (χ4n) is 10.1. The Morgan fingerprint density at radius 1 is 0.377 bits per heavy atom. The number of rotatable bonds is 3. The lowest BCUT2D eigenvalue weighted by molar-refractivity contribution is 0.591. The molecule has 7 aromatic carbocycles. The van der Waals surface area contributed by atoms with Crippen LogP contribution in [0.2, 0.25) is 0 Å². The van der Waals surface area contributed by atoms with Gasteiger partial charge in [0.2, 0.25) is 0 Å². The van der Waals surface area contributed by atoms with Gasteiger partial charge >= 0.3 is 0 Å². The molecule has 5 heterocycles. The lowest BCUT2D eigenvalue weighted by Gasteiger charge is -2.29. The molecule has 0 saturated heterocycles. The lowest BCUT2D eigenvalue weighted by Crippen LogP contribution is -2.15. The van der Waals surface area contributed by atoms with Crippen molar-refractivity contribution in [1.82, 2.24) is 18.8 Å². The molecule has 12 rings (SSSR count). The highest BCUT2D eigenvalue weighted by molar-refractivity contribution is 6.29. The van der Waals surface area contributed by atoms with Gasteiger partial charge in [-0.25, -0.2) is 9.97 Å². The van der Waals surface area contributed by atoms with Crippen LogP contribution in [0.4, 0.5) is 17.1 Å². The van der Waals surface area contributed by atoms with Crippen LogP contribution >= 0.6 is 0 Å². The van der Waals surface area contributed by atoms with Gasteiger partial charge in [-0.2, -0.15) is 0 Å². The first-order chi connectivity index (χ1) is 29.2. The average Bonchev–Trinajstić information content (AvgIpc) is 3.95. The molecule has 5 aromatic heterocycles. The summed E-state index contributed by atoms with van der Waals surface area (Å²) in [6.07, 6.45) is 0. The van der Waals surface area contributed by atoms with E-state index >= 15 is 0 Å². The molecule has 0 amide bonds. The van der Waals surface area contributed by atoms with Gasteiger partial charge < -0.3 is 4.90 Å². The number of nitrogens with zero attached hydrogens (tertiary/aromatic N) is 5. The van der Waals surface area contributed by atoms with E-state index in [9.17, 15) is 0 Å². The zero-order valence-electron chi connectivity index (χ0n) is 36.4. The molecule has 0 atom stereocenters. The summed E-state index contributed by atoms with van der Waals surface area (Å²) in [6, 6.07) is 49.5. The van der Waals surface area contributed by atoms with Gasteiger partial charge in [-0.1, -0.05) is 135 Å². The van der Waals surface area contributed by atoms with Crippen LogP contribution in [0.5, 0.6) is 0 Å². The number of fused-ring (bicyclic) bond motifs is 14. The summed E-state index contributed by atoms with van der Waals surface area (Å²) < 4.78 is 4.89. The number of hydrogen-bond donors (Lipinski definition) is 0. The van der Waals surface area contributed by atoms with Gasteiger partial charge in [0.15, 0.2) is 11.3 Å². The van der Waals surface area contributed by atoms with E-state index in [1.165, 1.54) is 65.6 Å². The van der Waals surface area contributed by atoms with E-state index in [2.05, 4.69) is 209 Å². The Labute approximate surface area is 355 Å². The van der Waals surface area contributed by atoms with Gasteiger partial charge in [0.05, 0.1) is 27.8 Å². The smallest absolute Gasteiger partial charge is 0.165 e. The molecule has 298 valence electrons. The van der Waals surface area contributed by atoms with Gasteiger partial charge in [-0.15, -0.1) is 0 Å². The second kappa shape index (κ2) is 12.0. The van der Waals surface area contributed by atoms with Crippen molar-refractivity contribution in [2.24, 2.45) is 0 Å². The first-order valence-electron chi connectivity index (χ1n) is 21.7. The second-order valence-corrected chi connectivity index (χ2v) is 20.4. The minimum Gasteiger partial charge on any atom is -0.308 e. The molecule has 0 radical (unpaired) electrons. The van der Waals surface area contributed by atoms with Gasteiger partial charge in [-0.05, 0) is 99.0 Å². The highest BCUT2D eigenvalue weighted by atomic mass is 15.2. The molecule has 5 nitrogen and oxygen atoms in total. The molecule has 0 saturated carbocycles. The van der Waals surface area contributed by atoms with E-state index in [0.29, 0.717) is 0 Å². The van der Waals surface area contributed by atoms with Crippen LogP contribution in [0.15, 0.2) is 133 Å². The van der Waals surface area contributed by atoms with Crippen molar-refractivity contribution in [2.75, 3.05) is 4.90 Å². The summed E-state index contributed by atoms with van der Waals surface area (Å²) in [5, 5.41) is 9.72. The molecule has 61 heavy (non-hydrogen) atoms. The maximum atomic E-state index is 5.89. The monoisotopic (exact) mass is 791 g/mol. The highest BCUT2D eigenvalue weighted by Crippen LogP contribution is 2.50. The Balaban J connectivity index is 1.33. The number of aromatic nitrogens is 4. The molecule has 0 aliphatic rings. The molecule has 0 fully saturated rings. The molecular weight excluding hydrogens is 743 g/mol. The normalized spacial score (nSPS) is 13.3. The van der Waals surface area contributed by atoms with Crippen LogP contribution in [0.1, 0.15) is 79.0 Å². The first kappa shape index (κ1) is 36.2. The maximum absolute atomic E-state index is 5.89. The predicted octanol–water partition coefficient (Wildman–Crippen LogP) is 15.3. The van der Waals surface area contributed by atoms with Gasteiger partial charge in [0.1, 0.15) is 11.0 Å².